The number of aromatic nitrogens is 1. The van der Waals surface area contributed by atoms with Crippen molar-refractivity contribution in [1.29, 1.82) is 0 Å². The van der Waals surface area contributed by atoms with Crippen molar-refractivity contribution in [3.8, 4) is 5.75 Å². The van der Waals surface area contributed by atoms with E-state index in [1.807, 2.05) is 13.8 Å². The third-order valence-corrected chi connectivity index (χ3v) is 3.22. The summed E-state index contributed by atoms with van der Waals surface area (Å²) in [7, 11) is 1.62. The molecule has 0 radical (unpaired) electrons. The number of carbonyl (C=O) groups excluding carboxylic acids is 1. The van der Waals surface area contributed by atoms with Crippen molar-refractivity contribution in [2.24, 2.45) is 0 Å². The highest BCUT2D eigenvalue weighted by molar-refractivity contribution is 6.03. The van der Waals surface area contributed by atoms with E-state index in [4.69, 9.17) is 14.4 Å². The topological polar surface area (TPSA) is 92.9 Å². The molecular formula is C16H18N2O5. The Balaban J connectivity index is 2.07. The number of carbonyl (C=O) groups is 2. The van der Waals surface area contributed by atoms with Crippen LogP contribution in [0.25, 0.3) is 0 Å². The van der Waals surface area contributed by atoms with Gasteiger partial charge in [0, 0.05) is 18.8 Å². The molecule has 1 amide bonds. The summed E-state index contributed by atoms with van der Waals surface area (Å²) in [6.07, 6.45) is 0. The Hall–Kier alpha value is -2.83. The minimum Gasteiger partial charge on any atom is -0.482 e. The number of hydrogen-bond acceptors (Lipinski definition) is 5. The number of ether oxygens (including phenoxy) is 1. The zero-order chi connectivity index (χ0) is 17.0. The minimum absolute atomic E-state index is 0.169. The first-order valence-electron chi connectivity index (χ1n) is 7.08. The number of aliphatic carboxylic acids is 1. The van der Waals surface area contributed by atoms with E-state index in [-0.39, 0.29) is 17.6 Å². The lowest BCUT2D eigenvalue weighted by molar-refractivity contribution is -0.139. The molecule has 122 valence electrons. The van der Waals surface area contributed by atoms with Crippen molar-refractivity contribution in [3.63, 3.8) is 0 Å². The Morgan fingerprint density at radius 3 is 2.48 bits per heavy atom. The van der Waals surface area contributed by atoms with Crippen molar-refractivity contribution < 1.29 is 24.0 Å². The van der Waals surface area contributed by atoms with Gasteiger partial charge in [0.05, 0.1) is 5.69 Å². The average Bonchev–Trinajstić information content (AvgIpc) is 3.02. The highest BCUT2D eigenvalue weighted by Gasteiger charge is 2.19. The van der Waals surface area contributed by atoms with Gasteiger partial charge in [0.1, 0.15) is 5.75 Å². The summed E-state index contributed by atoms with van der Waals surface area (Å²) in [5.74, 6) is -0.603. The average molecular weight is 318 g/mol. The molecule has 23 heavy (non-hydrogen) atoms. The summed E-state index contributed by atoms with van der Waals surface area (Å²) in [6, 6.07) is 8.15. The fourth-order valence-corrected chi connectivity index (χ4v) is 1.86. The minimum atomic E-state index is -1.05. The van der Waals surface area contributed by atoms with Gasteiger partial charge in [0.2, 0.25) is 5.76 Å². The molecule has 2 rings (SSSR count). The van der Waals surface area contributed by atoms with Crippen LogP contribution in [0.4, 0.5) is 5.69 Å². The van der Waals surface area contributed by atoms with Gasteiger partial charge in [-0.25, -0.2) is 4.79 Å². The molecule has 0 bridgehead atoms. The van der Waals surface area contributed by atoms with E-state index in [0.717, 1.165) is 5.69 Å². The van der Waals surface area contributed by atoms with E-state index in [9.17, 15) is 9.59 Å². The van der Waals surface area contributed by atoms with Gasteiger partial charge in [-0.1, -0.05) is 19.0 Å². The van der Waals surface area contributed by atoms with Gasteiger partial charge in [0.25, 0.3) is 5.91 Å². The van der Waals surface area contributed by atoms with Crippen LogP contribution < -0.4 is 9.64 Å². The second-order valence-corrected chi connectivity index (χ2v) is 5.31. The van der Waals surface area contributed by atoms with Crippen LogP contribution in [0.1, 0.15) is 36.0 Å². The zero-order valence-electron chi connectivity index (χ0n) is 13.1. The van der Waals surface area contributed by atoms with Crippen molar-refractivity contribution in [1.82, 2.24) is 5.16 Å². The van der Waals surface area contributed by atoms with E-state index in [0.29, 0.717) is 11.4 Å². The van der Waals surface area contributed by atoms with Crippen molar-refractivity contribution in [2.45, 2.75) is 19.8 Å². The van der Waals surface area contributed by atoms with Crippen LogP contribution >= 0.6 is 0 Å². The standard InChI is InChI=1S/C16H18N2O5/c1-10(2)13-8-14(23-17-13)16(21)18(3)11-4-6-12(7-5-11)22-9-15(19)20/h4-8,10H,9H2,1-3H3,(H,19,20). The maximum absolute atomic E-state index is 12.4. The second kappa shape index (κ2) is 6.95. The van der Waals surface area contributed by atoms with Crippen molar-refractivity contribution in [2.75, 3.05) is 18.6 Å². The molecule has 0 unspecified atom stereocenters. The van der Waals surface area contributed by atoms with E-state index in [2.05, 4.69) is 5.16 Å². The quantitative estimate of drug-likeness (QED) is 0.880. The van der Waals surface area contributed by atoms with Crippen LogP contribution in [0.15, 0.2) is 34.9 Å². The van der Waals surface area contributed by atoms with Crippen LogP contribution in [0.3, 0.4) is 0 Å². The SMILES string of the molecule is CC(C)c1cc(C(=O)N(C)c2ccc(OCC(=O)O)cc2)on1. The lowest BCUT2D eigenvalue weighted by Crippen LogP contribution is -2.25. The Kier molecular flexibility index (Phi) is 5.00. The van der Waals surface area contributed by atoms with Crippen LogP contribution in [0.2, 0.25) is 0 Å². The summed E-state index contributed by atoms with van der Waals surface area (Å²) in [4.78, 5) is 24.2. The molecule has 1 aromatic heterocycles. The third-order valence-electron chi connectivity index (χ3n) is 3.22. The summed E-state index contributed by atoms with van der Waals surface area (Å²) in [5, 5.41) is 12.4. The number of rotatable bonds is 6. The molecule has 0 saturated carbocycles. The van der Waals surface area contributed by atoms with E-state index < -0.39 is 12.6 Å². The fourth-order valence-electron chi connectivity index (χ4n) is 1.86. The smallest absolute Gasteiger partial charge is 0.341 e. The molecule has 1 aromatic carbocycles. The van der Waals surface area contributed by atoms with E-state index >= 15 is 0 Å². The first kappa shape index (κ1) is 16.5. The highest BCUT2D eigenvalue weighted by Crippen LogP contribution is 2.21. The zero-order valence-corrected chi connectivity index (χ0v) is 13.1. The maximum atomic E-state index is 12.4. The molecule has 7 heteroatoms. The largest absolute Gasteiger partial charge is 0.482 e. The van der Waals surface area contributed by atoms with Gasteiger partial charge < -0.3 is 19.3 Å². The van der Waals surface area contributed by atoms with Crippen LogP contribution in [0.5, 0.6) is 5.75 Å². The van der Waals surface area contributed by atoms with Gasteiger partial charge in [-0.2, -0.15) is 0 Å². The number of carboxylic acid groups (broad SMARTS) is 1. The highest BCUT2D eigenvalue weighted by atomic mass is 16.5. The third kappa shape index (κ3) is 4.09. The lowest BCUT2D eigenvalue weighted by Gasteiger charge is -2.15. The molecule has 0 aliphatic rings. The second-order valence-electron chi connectivity index (χ2n) is 5.31. The number of nitrogens with zero attached hydrogens (tertiary/aromatic N) is 2. The predicted octanol–water partition coefficient (Wildman–Crippen LogP) is 2.54. The van der Waals surface area contributed by atoms with Gasteiger partial charge >= 0.3 is 5.97 Å². The molecule has 0 spiro atoms. The summed E-state index contributed by atoms with van der Waals surface area (Å²) >= 11 is 0. The van der Waals surface area contributed by atoms with Crippen LogP contribution in [-0.2, 0) is 4.79 Å². The van der Waals surface area contributed by atoms with Crippen molar-refractivity contribution in [3.05, 3.63) is 41.8 Å². The first-order valence-corrected chi connectivity index (χ1v) is 7.08. The molecule has 2 aromatic rings. The molecule has 0 fully saturated rings. The number of anilines is 1. The number of hydrogen-bond donors (Lipinski definition) is 1. The maximum Gasteiger partial charge on any atom is 0.341 e. The van der Waals surface area contributed by atoms with Gasteiger partial charge in [-0.3, -0.25) is 4.79 Å². The first-order chi connectivity index (χ1) is 10.9. The normalized spacial score (nSPS) is 10.6. The molecule has 7 nitrogen and oxygen atoms in total. The monoisotopic (exact) mass is 318 g/mol. The van der Waals surface area contributed by atoms with Crippen molar-refractivity contribution >= 4 is 17.6 Å². The molecule has 0 atom stereocenters. The van der Waals surface area contributed by atoms with Gasteiger partial charge in [-0.15, -0.1) is 0 Å². The molecule has 0 aliphatic carbocycles. The van der Waals surface area contributed by atoms with Gasteiger partial charge in [0.15, 0.2) is 6.61 Å². The van der Waals surface area contributed by atoms with E-state index in [1.54, 1.807) is 37.4 Å². The van der Waals surface area contributed by atoms with Gasteiger partial charge in [-0.05, 0) is 30.2 Å². The molecule has 0 aliphatic heterocycles. The lowest BCUT2D eigenvalue weighted by atomic mass is 10.1. The van der Waals surface area contributed by atoms with Crippen LogP contribution in [-0.4, -0.2) is 35.8 Å². The number of amides is 1. The molecule has 1 heterocycles. The molecule has 0 saturated heterocycles. The predicted molar refractivity (Wildman–Crippen MR) is 82.9 cm³/mol. The van der Waals surface area contributed by atoms with Crippen LogP contribution in [0, 0.1) is 0 Å². The Bertz CT molecular complexity index is 691. The number of benzene rings is 1. The Morgan fingerprint density at radius 2 is 1.96 bits per heavy atom. The van der Waals surface area contributed by atoms with E-state index in [1.165, 1.54) is 4.90 Å². The summed E-state index contributed by atoms with van der Waals surface area (Å²) in [6.45, 7) is 3.52. The Labute approximate surface area is 133 Å². The molecular weight excluding hydrogens is 300 g/mol. The summed E-state index contributed by atoms with van der Waals surface area (Å²) in [5.41, 5.74) is 1.35. The summed E-state index contributed by atoms with van der Waals surface area (Å²) < 4.78 is 10.1. The Morgan fingerprint density at radius 1 is 1.30 bits per heavy atom. The number of carboxylic acids is 1. The molecule has 1 N–H and O–H groups in total. The fraction of sp³-hybridized carbons (Fsp3) is 0.312.